The van der Waals surface area contributed by atoms with E-state index < -0.39 is 11.7 Å². The number of nitrogens with one attached hydrogen (secondary N) is 1. The minimum Gasteiger partial charge on any atom is -0.379 e. The van der Waals surface area contributed by atoms with Crippen molar-refractivity contribution in [1.82, 2.24) is 4.57 Å². The molecule has 0 bridgehead atoms. The van der Waals surface area contributed by atoms with E-state index in [0.717, 1.165) is 30.3 Å². The molecule has 0 radical (unpaired) electrons. The van der Waals surface area contributed by atoms with Crippen molar-refractivity contribution < 1.29 is 13.2 Å². The Morgan fingerprint density at radius 3 is 2.62 bits per heavy atom. The summed E-state index contributed by atoms with van der Waals surface area (Å²) in [5.74, 6) is 0. The molecule has 21 heavy (non-hydrogen) atoms. The van der Waals surface area contributed by atoms with E-state index in [0.29, 0.717) is 12.2 Å². The second kappa shape index (κ2) is 6.24. The molecule has 0 fully saturated rings. The molecule has 1 aromatic carbocycles. The van der Waals surface area contributed by atoms with E-state index in [2.05, 4.69) is 16.8 Å². The minimum absolute atomic E-state index is 0.509. The van der Waals surface area contributed by atoms with Crippen molar-refractivity contribution in [2.75, 3.05) is 5.32 Å². The quantitative estimate of drug-likeness (QED) is 0.835. The third-order valence-electron chi connectivity index (χ3n) is 3.41. The van der Waals surface area contributed by atoms with Gasteiger partial charge in [-0.1, -0.05) is 13.0 Å². The van der Waals surface area contributed by atoms with Gasteiger partial charge in [0.25, 0.3) is 0 Å². The fraction of sp³-hybridized carbons (Fsp3) is 0.375. The zero-order valence-electron chi connectivity index (χ0n) is 12.2. The summed E-state index contributed by atoms with van der Waals surface area (Å²) in [4.78, 5) is 0. The summed E-state index contributed by atoms with van der Waals surface area (Å²) in [7, 11) is 0. The summed E-state index contributed by atoms with van der Waals surface area (Å²) in [5, 5.41) is 3.11. The molecule has 1 N–H and O–H groups in total. The number of alkyl halides is 3. The standard InChI is InChI=1S/C16H19F3N2/c1-3-8-21-9-4-5-14(21)11-20-15-10-13(16(17,18)19)7-6-12(15)2/h4-7,9-10,20H,3,8,11H2,1-2H3. The summed E-state index contributed by atoms with van der Waals surface area (Å²) >= 11 is 0. The van der Waals surface area contributed by atoms with Gasteiger partial charge in [0.1, 0.15) is 0 Å². The lowest BCUT2D eigenvalue weighted by atomic mass is 10.1. The third kappa shape index (κ3) is 3.80. The van der Waals surface area contributed by atoms with Crippen LogP contribution < -0.4 is 5.32 Å². The van der Waals surface area contributed by atoms with E-state index in [4.69, 9.17) is 0 Å². The Kier molecular flexibility index (Phi) is 4.60. The third-order valence-corrected chi connectivity index (χ3v) is 3.41. The van der Waals surface area contributed by atoms with Crippen LogP contribution in [0.1, 0.15) is 30.2 Å². The average Bonchev–Trinajstić information content (AvgIpc) is 2.84. The van der Waals surface area contributed by atoms with Crippen LogP contribution >= 0.6 is 0 Å². The van der Waals surface area contributed by atoms with Crippen molar-refractivity contribution in [3.05, 3.63) is 53.3 Å². The van der Waals surface area contributed by atoms with Gasteiger partial charge in [-0.2, -0.15) is 13.2 Å². The van der Waals surface area contributed by atoms with Gasteiger partial charge in [-0.15, -0.1) is 0 Å². The van der Waals surface area contributed by atoms with E-state index in [9.17, 15) is 13.2 Å². The fourth-order valence-electron chi connectivity index (χ4n) is 2.24. The summed E-state index contributed by atoms with van der Waals surface area (Å²) in [6.07, 6.45) is -1.31. The van der Waals surface area contributed by atoms with Crippen molar-refractivity contribution in [1.29, 1.82) is 0 Å². The lowest BCUT2D eigenvalue weighted by Crippen LogP contribution is -2.10. The van der Waals surface area contributed by atoms with Gasteiger partial charge in [-0.05, 0) is 43.2 Å². The summed E-state index contributed by atoms with van der Waals surface area (Å²) in [6, 6.07) is 7.70. The molecular formula is C16H19F3N2. The van der Waals surface area contributed by atoms with Crippen LogP contribution in [0.25, 0.3) is 0 Å². The van der Waals surface area contributed by atoms with E-state index >= 15 is 0 Å². The van der Waals surface area contributed by atoms with Gasteiger partial charge in [0, 0.05) is 24.1 Å². The Hall–Kier alpha value is -1.91. The number of aryl methyl sites for hydroxylation is 2. The molecule has 1 heterocycles. The Morgan fingerprint density at radius 2 is 1.95 bits per heavy atom. The number of hydrogen-bond donors (Lipinski definition) is 1. The summed E-state index contributed by atoms with van der Waals surface area (Å²) < 4.78 is 40.3. The van der Waals surface area contributed by atoms with Crippen LogP contribution in [0.5, 0.6) is 0 Å². The first-order valence-electron chi connectivity index (χ1n) is 6.97. The first-order valence-corrected chi connectivity index (χ1v) is 6.97. The molecule has 0 saturated heterocycles. The van der Waals surface area contributed by atoms with E-state index in [1.165, 1.54) is 12.1 Å². The molecule has 5 heteroatoms. The molecule has 0 unspecified atom stereocenters. The lowest BCUT2D eigenvalue weighted by molar-refractivity contribution is -0.137. The van der Waals surface area contributed by atoms with Crippen LogP contribution in [0.2, 0.25) is 0 Å². The number of hydrogen-bond acceptors (Lipinski definition) is 1. The predicted molar refractivity (Wildman–Crippen MR) is 78.2 cm³/mol. The molecule has 2 aromatic rings. The topological polar surface area (TPSA) is 17.0 Å². The molecule has 2 nitrogen and oxygen atoms in total. The molecule has 0 aliphatic carbocycles. The zero-order chi connectivity index (χ0) is 15.5. The number of benzene rings is 1. The number of aromatic nitrogens is 1. The fourth-order valence-corrected chi connectivity index (χ4v) is 2.24. The molecule has 0 spiro atoms. The molecule has 0 saturated carbocycles. The maximum Gasteiger partial charge on any atom is 0.416 e. The average molecular weight is 296 g/mol. The second-order valence-corrected chi connectivity index (χ2v) is 5.07. The molecule has 114 valence electrons. The number of anilines is 1. The predicted octanol–water partition coefficient (Wildman–Crippen LogP) is 4.84. The minimum atomic E-state index is -4.31. The van der Waals surface area contributed by atoms with E-state index in [-0.39, 0.29) is 0 Å². The lowest BCUT2D eigenvalue weighted by Gasteiger charge is -2.14. The largest absolute Gasteiger partial charge is 0.416 e. The van der Waals surface area contributed by atoms with Gasteiger partial charge in [-0.25, -0.2) is 0 Å². The number of rotatable bonds is 5. The van der Waals surface area contributed by atoms with Crippen LogP contribution in [0, 0.1) is 6.92 Å². The normalized spacial score (nSPS) is 11.7. The Bertz CT molecular complexity index is 600. The van der Waals surface area contributed by atoms with Gasteiger partial charge >= 0.3 is 6.18 Å². The number of halogens is 3. The maximum absolute atomic E-state index is 12.7. The van der Waals surface area contributed by atoms with Gasteiger partial charge in [0.05, 0.1) is 12.1 Å². The van der Waals surface area contributed by atoms with Crippen molar-refractivity contribution in [2.45, 2.75) is 39.5 Å². The monoisotopic (exact) mass is 296 g/mol. The van der Waals surface area contributed by atoms with Crippen molar-refractivity contribution in [3.8, 4) is 0 Å². The Balaban J connectivity index is 2.14. The van der Waals surface area contributed by atoms with Gasteiger partial charge in [-0.3, -0.25) is 0 Å². The Labute approximate surface area is 122 Å². The highest BCUT2D eigenvalue weighted by Crippen LogP contribution is 2.32. The summed E-state index contributed by atoms with van der Waals surface area (Å²) in [6.45, 7) is 5.31. The highest BCUT2D eigenvalue weighted by atomic mass is 19.4. The van der Waals surface area contributed by atoms with E-state index in [1.807, 2.05) is 18.3 Å². The first-order chi connectivity index (χ1) is 9.91. The SMILES string of the molecule is CCCn1cccc1CNc1cc(C(F)(F)F)ccc1C. The van der Waals surface area contributed by atoms with Gasteiger partial charge in [0.15, 0.2) is 0 Å². The molecule has 2 rings (SSSR count). The molecule has 0 amide bonds. The van der Waals surface area contributed by atoms with Gasteiger partial charge < -0.3 is 9.88 Å². The first kappa shape index (κ1) is 15.5. The van der Waals surface area contributed by atoms with Crippen molar-refractivity contribution in [3.63, 3.8) is 0 Å². The summed E-state index contributed by atoms with van der Waals surface area (Å²) in [5.41, 5.74) is 1.76. The smallest absolute Gasteiger partial charge is 0.379 e. The van der Waals surface area contributed by atoms with Crippen LogP contribution in [-0.2, 0) is 19.3 Å². The van der Waals surface area contributed by atoms with Crippen LogP contribution in [0.3, 0.4) is 0 Å². The second-order valence-electron chi connectivity index (χ2n) is 5.07. The van der Waals surface area contributed by atoms with Crippen LogP contribution in [0.4, 0.5) is 18.9 Å². The molecular weight excluding hydrogens is 277 g/mol. The number of nitrogens with zero attached hydrogens (tertiary/aromatic N) is 1. The molecule has 0 aliphatic rings. The molecule has 0 atom stereocenters. The van der Waals surface area contributed by atoms with Crippen molar-refractivity contribution in [2.24, 2.45) is 0 Å². The molecule has 0 aliphatic heterocycles. The van der Waals surface area contributed by atoms with Crippen LogP contribution in [-0.4, -0.2) is 4.57 Å². The zero-order valence-corrected chi connectivity index (χ0v) is 12.2. The maximum atomic E-state index is 12.7. The molecule has 1 aromatic heterocycles. The van der Waals surface area contributed by atoms with Crippen LogP contribution in [0.15, 0.2) is 36.5 Å². The highest BCUT2D eigenvalue weighted by molar-refractivity contribution is 5.53. The van der Waals surface area contributed by atoms with Gasteiger partial charge in [0.2, 0.25) is 0 Å². The highest BCUT2D eigenvalue weighted by Gasteiger charge is 2.30. The van der Waals surface area contributed by atoms with E-state index in [1.54, 1.807) is 6.92 Å². The Morgan fingerprint density at radius 1 is 1.19 bits per heavy atom. The van der Waals surface area contributed by atoms with Crippen molar-refractivity contribution >= 4 is 5.69 Å².